The van der Waals surface area contributed by atoms with Gasteiger partial charge in [-0.3, -0.25) is 4.79 Å². The van der Waals surface area contributed by atoms with Gasteiger partial charge >= 0.3 is 0 Å². The van der Waals surface area contributed by atoms with Crippen LogP contribution in [0.15, 0.2) is 36.7 Å². The molecule has 4 heterocycles. The summed E-state index contributed by atoms with van der Waals surface area (Å²) in [5.41, 5.74) is 2.58. The molecule has 3 fully saturated rings. The molecule has 0 saturated carbocycles. The quantitative estimate of drug-likeness (QED) is 0.849. The Kier molecular flexibility index (Phi) is 4.36. The molecule has 5 rings (SSSR count). The van der Waals surface area contributed by atoms with Gasteiger partial charge in [0.25, 0.3) is 0 Å². The number of nitrogens with zero attached hydrogens (tertiary/aromatic N) is 2. The Balaban J connectivity index is 1.45. The molecule has 130 valence electrons. The van der Waals surface area contributed by atoms with Crippen LogP contribution in [0, 0.1) is 0 Å². The molecule has 3 saturated heterocycles. The van der Waals surface area contributed by atoms with Crippen molar-refractivity contribution in [2.45, 2.75) is 44.2 Å². The molecule has 1 N–H and O–H groups in total. The van der Waals surface area contributed by atoms with Crippen molar-refractivity contribution in [1.82, 2.24) is 15.3 Å². The van der Waals surface area contributed by atoms with Gasteiger partial charge < -0.3 is 10.1 Å². The first-order valence-electron chi connectivity index (χ1n) is 8.99. The number of ether oxygens (including phenoxy) is 1. The lowest BCUT2D eigenvalue weighted by Gasteiger charge is -2.47. The van der Waals surface area contributed by atoms with E-state index < -0.39 is 0 Å². The molecule has 0 spiro atoms. The van der Waals surface area contributed by atoms with E-state index in [2.05, 4.69) is 27.4 Å². The van der Waals surface area contributed by atoms with Crippen molar-refractivity contribution < 1.29 is 9.53 Å². The predicted molar refractivity (Wildman–Crippen MR) is 94.5 cm³/mol. The van der Waals surface area contributed by atoms with E-state index in [4.69, 9.17) is 4.74 Å². The van der Waals surface area contributed by atoms with Crippen molar-refractivity contribution in [3.8, 4) is 0 Å². The average molecular weight is 337 g/mol. The smallest absolute Gasteiger partial charge is 0.170 e. The fourth-order valence-electron chi connectivity index (χ4n) is 3.66. The highest BCUT2D eigenvalue weighted by molar-refractivity contribution is 5.96. The van der Waals surface area contributed by atoms with E-state index >= 15 is 0 Å². The molecular weight excluding hydrogens is 314 g/mol. The van der Waals surface area contributed by atoms with Crippen LogP contribution in [-0.2, 0) is 23.2 Å². The number of hydrogen-bond acceptors (Lipinski definition) is 5. The molecule has 25 heavy (non-hydrogen) atoms. The van der Waals surface area contributed by atoms with E-state index in [-0.39, 0.29) is 11.4 Å². The standard InChI is InChI=1S/C20H23N3O2/c1-2-19-21-10-15(11-22-19)18(24)9-14-3-5-16(6-4-14)20-8-7-17(12-25-20)23-13-20/h3-6,10-11,17,23H,2,7-9,12-13H2,1H3. The fourth-order valence-corrected chi connectivity index (χ4v) is 3.66. The third-order valence-corrected chi connectivity index (χ3v) is 5.32. The van der Waals surface area contributed by atoms with Crippen molar-refractivity contribution in [3.05, 3.63) is 59.2 Å². The number of aromatic nitrogens is 2. The second-order valence-corrected chi connectivity index (χ2v) is 6.96. The summed E-state index contributed by atoms with van der Waals surface area (Å²) < 4.78 is 6.12. The molecule has 3 aliphatic rings. The highest BCUT2D eigenvalue weighted by Gasteiger charge is 2.42. The van der Waals surface area contributed by atoms with Gasteiger partial charge in [0.15, 0.2) is 5.78 Å². The number of ketones is 1. The van der Waals surface area contributed by atoms with E-state index in [0.717, 1.165) is 43.8 Å². The summed E-state index contributed by atoms with van der Waals surface area (Å²) in [5.74, 6) is 0.806. The molecule has 5 nitrogen and oxygen atoms in total. The largest absolute Gasteiger partial charge is 0.367 e. The van der Waals surface area contributed by atoms with Gasteiger partial charge in [0.1, 0.15) is 11.4 Å². The van der Waals surface area contributed by atoms with Crippen molar-refractivity contribution >= 4 is 5.78 Å². The van der Waals surface area contributed by atoms with Crippen LogP contribution in [0.2, 0.25) is 0 Å². The number of morpholine rings is 1. The summed E-state index contributed by atoms with van der Waals surface area (Å²) in [4.78, 5) is 20.8. The molecule has 1 aromatic carbocycles. The Morgan fingerprint density at radius 3 is 2.60 bits per heavy atom. The molecule has 2 unspecified atom stereocenters. The van der Waals surface area contributed by atoms with E-state index in [9.17, 15) is 4.79 Å². The molecule has 0 aliphatic carbocycles. The molecule has 2 bridgehead atoms. The van der Waals surface area contributed by atoms with Gasteiger partial charge in [0, 0.05) is 37.8 Å². The second kappa shape index (κ2) is 6.65. The summed E-state index contributed by atoms with van der Waals surface area (Å²) in [6.07, 6.45) is 6.61. The number of aryl methyl sites for hydroxylation is 1. The number of hydrogen-bond donors (Lipinski definition) is 1. The topological polar surface area (TPSA) is 64.1 Å². The number of rotatable bonds is 5. The summed E-state index contributed by atoms with van der Waals surface area (Å²) in [5, 5.41) is 3.54. The van der Waals surface area contributed by atoms with Crippen LogP contribution < -0.4 is 5.32 Å². The van der Waals surface area contributed by atoms with Crippen LogP contribution in [0.5, 0.6) is 0 Å². The predicted octanol–water partition coefficient (Wildman–Crippen LogP) is 2.44. The van der Waals surface area contributed by atoms with Crippen LogP contribution >= 0.6 is 0 Å². The zero-order valence-electron chi connectivity index (χ0n) is 14.5. The molecule has 2 atom stereocenters. The van der Waals surface area contributed by atoms with Gasteiger partial charge in [0.2, 0.25) is 0 Å². The number of benzene rings is 1. The minimum atomic E-state index is -0.193. The monoisotopic (exact) mass is 337 g/mol. The van der Waals surface area contributed by atoms with Gasteiger partial charge in [-0.05, 0) is 24.0 Å². The molecule has 2 aromatic rings. The highest BCUT2D eigenvalue weighted by atomic mass is 16.5. The molecule has 3 aliphatic heterocycles. The number of carbonyl (C=O) groups excluding carboxylic acids is 1. The Labute approximate surface area is 147 Å². The number of Topliss-reactive ketones (excluding diaryl/α,β-unsaturated/α-hetero) is 1. The SMILES string of the molecule is CCc1ncc(C(=O)Cc2ccc(C34CCC(CO3)NC4)cc2)cn1. The number of piperidine rings is 1. The van der Waals surface area contributed by atoms with E-state index in [0.29, 0.717) is 18.0 Å². The van der Waals surface area contributed by atoms with Crippen molar-refractivity contribution in [3.63, 3.8) is 0 Å². The summed E-state index contributed by atoms with van der Waals surface area (Å²) in [6, 6.07) is 8.79. The average Bonchev–Trinajstić information content (AvgIpc) is 2.70. The second-order valence-electron chi connectivity index (χ2n) is 6.96. The minimum absolute atomic E-state index is 0.0460. The van der Waals surface area contributed by atoms with E-state index in [1.54, 1.807) is 12.4 Å². The molecular formula is C20H23N3O2. The van der Waals surface area contributed by atoms with Crippen LogP contribution in [-0.4, -0.2) is 34.9 Å². The molecule has 0 amide bonds. The third-order valence-electron chi connectivity index (χ3n) is 5.32. The van der Waals surface area contributed by atoms with Gasteiger partial charge in [-0.2, -0.15) is 0 Å². The van der Waals surface area contributed by atoms with Crippen LogP contribution in [0.3, 0.4) is 0 Å². The zero-order valence-corrected chi connectivity index (χ0v) is 14.5. The number of carbonyl (C=O) groups is 1. The van der Waals surface area contributed by atoms with Crippen molar-refractivity contribution in [2.75, 3.05) is 13.2 Å². The Bertz CT molecular complexity index is 734. The number of nitrogens with one attached hydrogen (secondary N) is 1. The fraction of sp³-hybridized carbons (Fsp3) is 0.450. The molecule has 1 aromatic heterocycles. The molecule has 5 heteroatoms. The summed E-state index contributed by atoms with van der Waals surface area (Å²) in [7, 11) is 0. The summed E-state index contributed by atoms with van der Waals surface area (Å²) in [6.45, 7) is 3.65. The lowest BCUT2D eigenvalue weighted by molar-refractivity contribution is -0.129. The maximum absolute atomic E-state index is 12.4. The zero-order chi connectivity index (χ0) is 17.3. The van der Waals surface area contributed by atoms with Gasteiger partial charge in [0.05, 0.1) is 12.2 Å². The van der Waals surface area contributed by atoms with Crippen LogP contribution in [0.25, 0.3) is 0 Å². The lowest BCUT2D eigenvalue weighted by atomic mass is 9.81. The normalized spacial score (nSPS) is 25.1. The van der Waals surface area contributed by atoms with Gasteiger partial charge in [-0.25, -0.2) is 9.97 Å². The first-order valence-corrected chi connectivity index (χ1v) is 8.99. The van der Waals surface area contributed by atoms with Crippen molar-refractivity contribution in [1.29, 1.82) is 0 Å². The van der Waals surface area contributed by atoms with Crippen LogP contribution in [0.1, 0.15) is 47.1 Å². The van der Waals surface area contributed by atoms with Gasteiger partial charge in [-0.1, -0.05) is 31.2 Å². The maximum atomic E-state index is 12.4. The lowest BCUT2D eigenvalue weighted by Crippen LogP contribution is -2.57. The Morgan fingerprint density at radius 1 is 1.28 bits per heavy atom. The first kappa shape index (κ1) is 16.4. The Morgan fingerprint density at radius 2 is 2.04 bits per heavy atom. The summed E-state index contributed by atoms with van der Waals surface area (Å²) >= 11 is 0. The third kappa shape index (κ3) is 3.22. The number of fused-ring (bicyclic) bond motifs is 3. The van der Waals surface area contributed by atoms with E-state index in [1.165, 1.54) is 5.56 Å². The van der Waals surface area contributed by atoms with Crippen LogP contribution in [0.4, 0.5) is 0 Å². The van der Waals surface area contributed by atoms with E-state index in [1.807, 2.05) is 19.1 Å². The molecule has 0 radical (unpaired) electrons. The Hall–Kier alpha value is -2.11. The maximum Gasteiger partial charge on any atom is 0.170 e. The van der Waals surface area contributed by atoms with Crippen molar-refractivity contribution in [2.24, 2.45) is 0 Å². The van der Waals surface area contributed by atoms with Gasteiger partial charge in [-0.15, -0.1) is 0 Å². The minimum Gasteiger partial charge on any atom is -0.367 e. The first-order chi connectivity index (χ1) is 12.2. The highest BCUT2D eigenvalue weighted by Crippen LogP contribution is 2.38.